The summed E-state index contributed by atoms with van der Waals surface area (Å²) in [7, 11) is 0. The van der Waals surface area contributed by atoms with E-state index in [0.29, 0.717) is 12.1 Å². The van der Waals surface area contributed by atoms with Crippen molar-refractivity contribution in [2.24, 2.45) is 10.9 Å². The van der Waals surface area contributed by atoms with E-state index in [-0.39, 0.29) is 0 Å². The number of aliphatic imine (C=N–C) groups is 1. The van der Waals surface area contributed by atoms with Crippen LogP contribution in [0.2, 0.25) is 0 Å². The van der Waals surface area contributed by atoms with E-state index in [1.807, 2.05) is 0 Å². The number of thioether (sulfide) groups is 1. The van der Waals surface area contributed by atoms with Crippen LogP contribution in [-0.2, 0) is 6.42 Å². The molecule has 0 saturated heterocycles. The number of nitrogens with zero attached hydrogens (tertiary/aromatic N) is 4. The molecule has 0 radical (unpaired) electrons. The van der Waals surface area contributed by atoms with Crippen molar-refractivity contribution in [3.8, 4) is 0 Å². The average Bonchev–Trinajstić information content (AvgIpc) is 3.36. The molecule has 0 spiro atoms. The lowest BCUT2D eigenvalue weighted by Crippen LogP contribution is -2.44. The molecule has 0 bridgehead atoms. The van der Waals surface area contributed by atoms with Crippen LogP contribution in [0.15, 0.2) is 10.1 Å². The lowest BCUT2D eigenvalue weighted by Gasteiger charge is -2.28. The van der Waals surface area contributed by atoms with Gasteiger partial charge in [0.2, 0.25) is 0 Å². The Bertz CT molecular complexity index is 614. The predicted octanol–water partition coefficient (Wildman–Crippen LogP) is 4.18. The summed E-state index contributed by atoms with van der Waals surface area (Å²) < 4.78 is 2.41. The topological polar surface area (TPSA) is 67.1 Å². The van der Waals surface area contributed by atoms with Gasteiger partial charge in [-0.05, 0) is 64.0 Å². The highest BCUT2D eigenvalue weighted by molar-refractivity contribution is 7.98. The Kier molecular flexibility index (Phi) is 8.49. The summed E-state index contributed by atoms with van der Waals surface area (Å²) in [5.74, 6) is 3.00. The molecule has 0 atom stereocenters. The van der Waals surface area contributed by atoms with E-state index in [9.17, 15) is 0 Å². The summed E-state index contributed by atoms with van der Waals surface area (Å²) in [4.78, 5) is 4.83. The normalized spacial score (nSPS) is 23.9. The zero-order valence-electron chi connectivity index (χ0n) is 17.9. The van der Waals surface area contributed by atoms with E-state index in [4.69, 9.17) is 4.99 Å². The second-order valence-electron chi connectivity index (χ2n) is 8.38. The van der Waals surface area contributed by atoms with E-state index in [1.54, 1.807) is 11.8 Å². The molecule has 2 saturated carbocycles. The highest BCUT2D eigenvalue weighted by Crippen LogP contribution is 2.33. The van der Waals surface area contributed by atoms with E-state index in [1.165, 1.54) is 51.4 Å². The fraction of sp³-hybridized carbons (Fsp3) is 0.857. The van der Waals surface area contributed by atoms with Gasteiger partial charge in [-0.25, -0.2) is 0 Å². The minimum absolute atomic E-state index is 0.573. The molecule has 2 aliphatic carbocycles. The molecule has 0 amide bonds. The van der Waals surface area contributed by atoms with Gasteiger partial charge < -0.3 is 15.2 Å². The number of aromatic nitrogens is 3. The lowest BCUT2D eigenvalue weighted by atomic mass is 9.87. The van der Waals surface area contributed by atoms with Crippen LogP contribution < -0.4 is 10.6 Å². The first-order valence-corrected chi connectivity index (χ1v) is 12.5. The van der Waals surface area contributed by atoms with Crippen molar-refractivity contribution in [3.63, 3.8) is 0 Å². The molecule has 1 aromatic rings. The highest BCUT2D eigenvalue weighted by atomic mass is 32.2. The molecular weight excluding hydrogens is 368 g/mol. The molecule has 158 valence electrons. The molecule has 28 heavy (non-hydrogen) atoms. The van der Waals surface area contributed by atoms with Gasteiger partial charge in [0.1, 0.15) is 5.82 Å². The largest absolute Gasteiger partial charge is 0.357 e. The number of nitrogens with one attached hydrogen (secondary N) is 2. The Hall–Kier alpha value is -1.24. The second-order valence-corrected chi connectivity index (χ2v) is 9.15. The van der Waals surface area contributed by atoms with Crippen LogP contribution in [0, 0.1) is 5.92 Å². The third kappa shape index (κ3) is 5.88. The summed E-state index contributed by atoms with van der Waals surface area (Å²) in [5.41, 5.74) is 0. The highest BCUT2D eigenvalue weighted by Gasteiger charge is 2.23. The van der Waals surface area contributed by atoms with E-state index < -0.39 is 0 Å². The zero-order chi connectivity index (χ0) is 19.8. The Morgan fingerprint density at radius 3 is 2.57 bits per heavy atom. The van der Waals surface area contributed by atoms with Crippen molar-refractivity contribution in [2.75, 3.05) is 19.3 Å². The van der Waals surface area contributed by atoms with Crippen LogP contribution in [0.25, 0.3) is 0 Å². The summed E-state index contributed by atoms with van der Waals surface area (Å²) in [6, 6.07) is 1.17. The molecule has 0 aromatic carbocycles. The number of hydrogen-bond acceptors (Lipinski definition) is 4. The van der Waals surface area contributed by atoms with Gasteiger partial charge in [-0.1, -0.05) is 31.5 Å². The molecule has 1 aromatic heterocycles. The van der Waals surface area contributed by atoms with Gasteiger partial charge in [-0.2, -0.15) is 0 Å². The molecule has 7 heteroatoms. The zero-order valence-corrected chi connectivity index (χ0v) is 18.7. The SMILES string of the molecule is CCNC(=NCCCc1nnc(SC)n1C1CCCC1)NC1CCC(C)CC1. The van der Waals surface area contributed by atoms with Crippen LogP contribution in [0.3, 0.4) is 0 Å². The van der Waals surface area contributed by atoms with Crippen molar-refractivity contribution in [1.82, 2.24) is 25.4 Å². The number of hydrogen-bond donors (Lipinski definition) is 2. The first-order chi connectivity index (χ1) is 13.7. The summed E-state index contributed by atoms with van der Waals surface area (Å²) in [6.45, 7) is 6.23. The number of aryl methyl sites for hydroxylation is 1. The second kappa shape index (κ2) is 11.1. The van der Waals surface area contributed by atoms with Crippen molar-refractivity contribution in [1.29, 1.82) is 0 Å². The molecule has 2 aliphatic rings. The van der Waals surface area contributed by atoms with E-state index in [0.717, 1.165) is 48.8 Å². The van der Waals surface area contributed by atoms with Gasteiger partial charge in [0.25, 0.3) is 0 Å². The third-order valence-electron chi connectivity index (χ3n) is 6.14. The van der Waals surface area contributed by atoms with Gasteiger partial charge in [0.05, 0.1) is 0 Å². The van der Waals surface area contributed by atoms with Crippen LogP contribution in [-0.4, -0.2) is 46.1 Å². The maximum Gasteiger partial charge on any atom is 0.191 e. The van der Waals surface area contributed by atoms with E-state index >= 15 is 0 Å². The molecule has 2 N–H and O–H groups in total. The molecular formula is C21H38N6S. The minimum Gasteiger partial charge on any atom is -0.357 e. The monoisotopic (exact) mass is 406 g/mol. The van der Waals surface area contributed by atoms with Gasteiger partial charge in [-0.15, -0.1) is 10.2 Å². The van der Waals surface area contributed by atoms with Gasteiger partial charge in [0.15, 0.2) is 11.1 Å². The first kappa shape index (κ1) is 21.5. The summed E-state index contributed by atoms with van der Waals surface area (Å²) in [5, 5.41) is 17.1. The molecule has 0 unspecified atom stereocenters. The summed E-state index contributed by atoms with van der Waals surface area (Å²) in [6.07, 6.45) is 14.4. The van der Waals surface area contributed by atoms with Gasteiger partial charge in [-0.3, -0.25) is 4.99 Å². The van der Waals surface area contributed by atoms with Gasteiger partial charge in [0, 0.05) is 31.6 Å². The van der Waals surface area contributed by atoms with Crippen LogP contribution >= 0.6 is 11.8 Å². The standard InChI is InChI=1S/C21H38N6S/c1-4-22-20(24-17-13-11-16(2)12-14-17)23-15-7-10-19-25-26-21(28-3)27(19)18-8-5-6-9-18/h16-18H,4-15H2,1-3H3,(H2,22,23,24). The van der Waals surface area contributed by atoms with Crippen molar-refractivity contribution < 1.29 is 0 Å². The summed E-state index contributed by atoms with van der Waals surface area (Å²) >= 11 is 1.72. The molecule has 3 rings (SSSR count). The Labute approximate surface area is 174 Å². The molecule has 6 nitrogen and oxygen atoms in total. The van der Waals surface area contributed by atoms with Crippen LogP contribution in [0.4, 0.5) is 0 Å². The first-order valence-electron chi connectivity index (χ1n) is 11.2. The average molecular weight is 407 g/mol. The maximum atomic E-state index is 4.83. The van der Waals surface area contributed by atoms with E-state index in [2.05, 4.69) is 45.5 Å². The van der Waals surface area contributed by atoms with Crippen LogP contribution in [0.5, 0.6) is 0 Å². The molecule has 0 aliphatic heterocycles. The van der Waals surface area contributed by atoms with Crippen LogP contribution in [0.1, 0.15) is 83.5 Å². The molecule has 1 heterocycles. The smallest absolute Gasteiger partial charge is 0.191 e. The fourth-order valence-electron chi connectivity index (χ4n) is 4.49. The fourth-order valence-corrected chi connectivity index (χ4v) is 5.07. The Morgan fingerprint density at radius 2 is 1.89 bits per heavy atom. The van der Waals surface area contributed by atoms with Crippen molar-refractivity contribution in [3.05, 3.63) is 5.82 Å². The molecule has 2 fully saturated rings. The predicted molar refractivity (Wildman–Crippen MR) is 118 cm³/mol. The van der Waals surface area contributed by atoms with Crippen molar-refractivity contribution in [2.45, 2.75) is 95.3 Å². The number of guanidine groups is 1. The maximum absolute atomic E-state index is 4.83. The van der Waals surface area contributed by atoms with Crippen molar-refractivity contribution >= 4 is 17.7 Å². The minimum atomic E-state index is 0.573. The quantitative estimate of drug-likeness (QED) is 0.293. The Morgan fingerprint density at radius 1 is 1.14 bits per heavy atom. The number of rotatable bonds is 8. The third-order valence-corrected chi connectivity index (χ3v) is 6.78. The lowest BCUT2D eigenvalue weighted by molar-refractivity contribution is 0.329. The Balaban J connectivity index is 1.52. The van der Waals surface area contributed by atoms with Gasteiger partial charge >= 0.3 is 0 Å².